The molecule has 6 nitrogen and oxygen atoms in total. The van der Waals surface area contributed by atoms with Gasteiger partial charge in [0.15, 0.2) is 6.29 Å². The van der Waals surface area contributed by atoms with Crippen LogP contribution < -0.4 is 5.32 Å². The van der Waals surface area contributed by atoms with E-state index in [1.165, 1.54) is 11.9 Å². The van der Waals surface area contributed by atoms with Crippen LogP contribution >= 0.6 is 0 Å². The summed E-state index contributed by atoms with van der Waals surface area (Å²) in [6.07, 6.45) is 8.03. The first kappa shape index (κ1) is 16.9. The number of carbonyl (C=O) groups is 4. The second-order valence-corrected chi connectivity index (χ2v) is 6.36. The van der Waals surface area contributed by atoms with E-state index < -0.39 is 17.9 Å². The lowest BCUT2D eigenvalue weighted by atomic mass is 9.93. The van der Waals surface area contributed by atoms with Gasteiger partial charge in [0.25, 0.3) is 5.91 Å². The van der Waals surface area contributed by atoms with Crippen LogP contribution in [0.1, 0.15) is 26.7 Å². The molecule has 0 radical (unpaired) electrons. The van der Waals surface area contributed by atoms with Crippen molar-refractivity contribution < 1.29 is 19.2 Å². The SMILES string of the molecule is CN(C(=O)C1=C(C=O)C=CC(C)(C)C=C1)C1CCC(=O)NC1=O. The Kier molecular flexibility index (Phi) is 4.63. The number of imide groups is 1. The van der Waals surface area contributed by atoms with E-state index >= 15 is 0 Å². The Balaban J connectivity index is 2.29. The Morgan fingerprint density at radius 1 is 1.30 bits per heavy atom. The number of carbonyl (C=O) groups excluding carboxylic acids is 4. The predicted molar refractivity (Wildman–Crippen MR) is 84.1 cm³/mol. The number of nitrogens with zero attached hydrogens (tertiary/aromatic N) is 1. The highest BCUT2D eigenvalue weighted by Gasteiger charge is 2.33. The number of piperidine rings is 1. The van der Waals surface area contributed by atoms with Gasteiger partial charge in [-0.2, -0.15) is 0 Å². The molecule has 1 aliphatic heterocycles. The minimum atomic E-state index is -0.714. The zero-order chi connectivity index (χ0) is 17.2. The number of hydrogen-bond acceptors (Lipinski definition) is 4. The number of aldehydes is 1. The minimum Gasteiger partial charge on any atom is -0.330 e. The van der Waals surface area contributed by atoms with Crippen molar-refractivity contribution in [3.63, 3.8) is 0 Å². The van der Waals surface area contributed by atoms with Crippen LogP contribution in [0.4, 0.5) is 0 Å². The third kappa shape index (κ3) is 3.64. The molecular formula is C17H20N2O4. The molecule has 2 rings (SSSR count). The topological polar surface area (TPSA) is 83.6 Å². The summed E-state index contributed by atoms with van der Waals surface area (Å²) in [4.78, 5) is 48.4. The molecule has 1 N–H and O–H groups in total. The fourth-order valence-corrected chi connectivity index (χ4v) is 2.52. The summed E-state index contributed by atoms with van der Waals surface area (Å²) in [6.45, 7) is 3.92. The van der Waals surface area contributed by atoms with Crippen LogP contribution in [0.25, 0.3) is 0 Å². The first-order valence-corrected chi connectivity index (χ1v) is 7.44. The molecule has 0 bridgehead atoms. The molecule has 0 aromatic rings. The zero-order valence-corrected chi connectivity index (χ0v) is 13.5. The molecule has 3 amide bonds. The Bertz CT molecular complexity index is 656. The first-order chi connectivity index (χ1) is 10.7. The molecule has 0 spiro atoms. The largest absolute Gasteiger partial charge is 0.330 e. The average molecular weight is 316 g/mol. The van der Waals surface area contributed by atoms with Crippen molar-refractivity contribution >= 4 is 24.0 Å². The number of likely N-dealkylation sites (N-methyl/N-ethyl adjacent to an activating group) is 1. The lowest BCUT2D eigenvalue weighted by molar-refractivity contribution is -0.142. The van der Waals surface area contributed by atoms with Crippen LogP contribution in [-0.4, -0.2) is 42.0 Å². The molecular weight excluding hydrogens is 296 g/mol. The molecule has 0 aromatic carbocycles. The van der Waals surface area contributed by atoms with Gasteiger partial charge < -0.3 is 4.90 Å². The van der Waals surface area contributed by atoms with Gasteiger partial charge in [0.1, 0.15) is 6.04 Å². The summed E-state index contributed by atoms with van der Waals surface area (Å²) < 4.78 is 0. The molecule has 0 aromatic heterocycles. The quantitative estimate of drug-likeness (QED) is 0.619. The van der Waals surface area contributed by atoms with Gasteiger partial charge in [-0.3, -0.25) is 24.5 Å². The van der Waals surface area contributed by atoms with Gasteiger partial charge >= 0.3 is 0 Å². The maximum absolute atomic E-state index is 12.7. The molecule has 1 saturated heterocycles. The summed E-state index contributed by atoms with van der Waals surface area (Å²) in [5.41, 5.74) is 0.244. The third-order valence-electron chi connectivity index (χ3n) is 4.04. The van der Waals surface area contributed by atoms with E-state index in [9.17, 15) is 19.2 Å². The molecule has 1 unspecified atom stereocenters. The Labute approximate surface area is 134 Å². The Morgan fingerprint density at radius 2 is 1.96 bits per heavy atom. The van der Waals surface area contributed by atoms with Crippen LogP contribution in [0.3, 0.4) is 0 Å². The fourth-order valence-electron chi connectivity index (χ4n) is 2.52. The van der Waals surface area contributed by atoms with E-state index in [0.717, 1.165) is 0 Å². The second kappa shape index (κ2) is 6.32. The number of allylic oxidation sites excluding steroid dienone is 4. The summed E-state index contributed by atoms with van der Waals surface area (Å²) in [6, 6.07) is -0.714. The number of nitrogens with one attached hydrogen (secondary N) is 1. The average Bonchev–Trinajstić information content (AvgIpc) is 2.64. The van der Waals surface area contributed by atoms with Gasteiger partial charge in [-0.1, -0.05) is 38.2 Å². The van der Waals surface area contributed by atoms with Crippen molar-refractivity contribution in [1.29, 1.82) is 0 Å². The minimum absolute atomic E-state index is 0.191. The second-order valence-electron chi connectivity index (χ2n) is 6.36. The van der Waals surface area contributed by atoms with Crippen LogP contribution in [0, 0.1) is 5.41 Å². The van der Waals surface area contributed by atoms with Crippen LogP contribution in [0.5, 0.6) is 0 Å². The summed E-state index contributed by atoms with van der Waals surface area (Å²) in [5.74, 6) is -1.24. The molecule has 0 saturated carbocycles. The van der Waals surface area contributed by atoms with Crippen molar-refractivity contribution in [2.45, 2.75) is 32.7 Å². The van der Waals surface area contributed by atoms with E-state index in [4.69, 9.17) is 0 Å². The van der Waals surface area contributed by atoms with Crippen molar-refractivity contribution in [3.8, 4) is 0 Å². The number of rotatable bonds is 3. The van der Waals surface area contributed by atoms with E-state index in [-0.39, 0.29) is 35.3 Å². The van der Waals surface area contributed by atoms with Gasteiger partial charge in [0, 0.05) is 30.0 Å². The molecule has 1 heterocycles. The molecule has 1 aliphatic carbocycles. The number of hydrogen-bond donors (Lipinski definition) is 1. The predicted octanol–water partition coefficient (Wildman–Crippen LogP) is 0.898. The molecule has 23 heavy (non-hydrogen) atoms. The Morgan fingerprint density at radius 3 is 2.57 bits per heavy atom. The molecule has 122 valence electrons. The monoisotopic (exact) mass is 316 g/mol. The highest BCUT2D eigenvalue weighted by atomic mass is 16.2. The highest BCUT2D eigenvalue weighted by molar-refractivity contribution is 6.06. The van der Waals surface area contributed by atoms with E-state index in [1.54, 1.807) is 12.2 Å². The zero-order valence-electron chi connectivity index (χ0n) is 13.5. The van der Waals surface area contributed by atoms with Gasteiger partial charge in [0.2, 0.25) is 11.8 Å². The van der Waals surface area contributed by atoms with Crippen molar-refractivity contribution in [1.82, 2.24) is 10.2 Å². The van der Waals surface area contributed by atoms with Crippen molar-refractivity contribution in [2.75, 3.05) is 7.05 Å². The van der Waals surface area contributed by atoms with Gasteiger partial charge in [-0.05, 0) is 6.42 Å². The van der Waals surface area contributed by atoms with Crippen LogP contribution in [0.2, 0.25) is 0 Å². The van der Waals surface area contributed by atoms with E-state index in [2.05, 4.69) is 5.32 Å². The van der Waals surface area contributed by atoms with Crippen LogP contribution in [-0.2, 0) is 19.2 Å². The lowest BCUT2D eigenvalue weighted by Gasteiger charge is -2.30. The van der Waals surface area contributed by atoms with Crippen molar-refractivity contribution in [2.24, 2.45) is 5.41 Å². The van der Waals surface area contributed by atoms with Crippen molar-refractivity contribution in [3.05, 3.63) is 35.5 Å². The van der Waals surface area contributed by atoms with Gasteiger partial charge in [-0.15, -0.1) is 0 Å². The number of amides is 3. The Hall–Kier alpha value is -2.50. The van der Waals surface area contributed by atoms with E-state index in [0.29, 0.717) is 6.29 Å². The maximum Gasteiger partial charge on any atom is 0.254 e. The lowest BCUT2D eigenvalue weighted by Crippen LogP contribution is -2.53. The smallest absolute Gasteiger partial charge is 0.254 e. The molecule has 1 atom stereocenters. The standard InChI is InChI=1S/C17H20N2O4/c1-17(2)8-6-11(10-20)12(7-9-17)16(23)19(3)13-4-5-14(21)18-15(13)22/h6-10,13H,4-5H2,1-3H3,(H,18,21,22). The highest BCUT2D eigenvalue weighted by Crippen LogP contribution is 2.26. The summed E-state index contributed by atoms with van der Waals surface area (Å²) in [5, 5.41) is 2.23. The summed E-state index contributed by atoms with van der Waals surface area (Å²) >= 11 is 0. The van der Waals surface area contributed by atoms with E-state index in [1.807, 2.05) is 26.0 Å². The molecule has 1 fully saturated rings. The summed E-state index contributed by atoms with van der Waals surface area (Å²) in [7, 11) is 1.51. The van der Waals surface area contributed by atoms with Crippen LogP contribution in [0.15, 0.2) is 35.5 Å². The van der Waals surface area contributed by atoms with Gasteiger partial charge in [0.05, 0.1) is 0 Å². The first-order valence-electron chi connectivity index (χ1n) is 7.44. The van der Waals surface area contributed by atoms with Gasteiger partial charge in [-0.25, -0.2) is 0 Å². The normalized spacial score (nSPS) is 23.3. The maximum atomic E-state index is 12.7. The molecule has 2 aliphatic rings. The third-order valence-corrected chi connectivity index (χ3v) is 4.04. The fraction of sp³-hybridized carbons (Fsp3) is 0.412. The molecule has 6 heteroatoms.